The van der Waals surface area contributed by atoms with Gasteiger partial charge in [-0.05, 0) is 18.4 Å². The second-order valence-electron chi connectivity index (χ2n) is 4.35. The Labute approximate surface area is 124 Å². The van der Waals surface area contributed by atoms with Crippen LogP contribution in [-0.4, -0.2) is 36.4 Å². The van der Waals surface area contributed by atoms with E-state index in [1.807, 2.05) is 0 Å². The third-order valence-corrected chi connectivity index (χ3v) is 6.75. The van der Waals surface area contributed by atoms with Gasteiger partial charge >= 0.3 is 5.97 Å². The number of carboxylic acids is 1. The highest BCUT2D eigenvalue weighted by Gasteiger charge is 2.44. The van der Waals surface area contributed by atoms with E-state index in [-0.39, 0.29) is 26.0 Å². The molecule has 1 aliphatic rings. The van der Waals surface area contributed by atoms with Crippen LogP contribution >= 0.6 is 34.5 Å². The van der Waals surface area contributed by atoms with E-state index in [0.717, 1.165) is 15.6 Å². The van der Waals surface area contributed by atoms with Crippen LogP contribution in [0.25, 0.3) is 0 Å². The predicted molar refractivity (Wildman–Crippen MR) is 73.4 cm³/mol. The summed E-state index contributed by atoms with van der Waals surface area (Å²) in [5.41, 5.74) is 0. The molecule has 0 amide bonds. The largest absolute Gasteiger partial charge is 0.480 e. The van der Waals surface area contributed by atoms with Crippen LogP contribution < -0.4 is 0 Å². The number of halogens is 2. The zero-order valence-electron chi connectivity index (χ0n) is 9.84. The molecule has 5 nitrogen and oxygen atoms in total. The molecule has 0 saturated carbocycles. The standard InChI is InChI=1S/C10H11Cl2NO4S2/c1-5-2-3-13(8(5)10(14)15)19(16,17)6-4-7(11)18-9(6)12/h4-5,8H,2-3H2,1H3,(H,14,15). The van der Waals surface area contributed by atoms with E-state index in [4.69, 9.17) is 23.2 Å². The van der Waals surface area contributed by atoms with E-state index in [1.54, 1.807) is 6.92 Å². The number of nitrogens with zero attached hydrogens (tertiary/aromatic N) is 1. The van der Waals surface area contributed by atoms with Crippen molar-refractivity contribution >= 4 is 50.5 Å². The van der Waals surface area contributed by atoms with Crippen LogP contribution in [0.4, 0.5) is 0 Å². The summed E-state index contributed by atoms with van der Waals surface area (Å²) in [7, 11) is -3.93. The van der Waals surface area contributed by atoms with Crippen molar-refractivity contribution in [3.05, 3.63) is 14.7 Å². The highest BCUT2D eigenvalue weighted by atomic mass is 35.5. The molecule has 1 aromatic rings. The van der Waals surface area contributed by atoms with Crippen LogP contribution in [0.5, 0.6) is 0 Å². The molecule has 0 aromatic carbocycles. The molecule has 0 bridgehead atoms. The van der Waals surface area contributed by atoms with Gasteiger partial charge in [0.05, 0.1) is 4.34 Å². The van der Waals surface area contributed by atoms with Crippen molar-refractivity contribution in [1.82, 2.24) is 4.31 Å². The number of carboxylic acid groups (broad SMARTS) is 1. The lowest BCUT2D eigenvalue weighted by molar-refractivity contribution is -0.141. The minimum absolute atomic E-state index is 0.0497. The summed E-state index contributed by atoms with van der Waals surface area (Å²) >= 11 is 12.5. The van der Waals surface area contributed by atoms with Crippen molar-refractivity contribution in [2.75, 3.05) is 6.54 Å². The number of carbonyl (C=O) groups is 1. The van der Waals surface area contributed by atoms with Crippen LogP contribution in [0.1, 0.15) is 13.3 Å². The molecule has 0 radical (unpaired) electrons. The average molecular weight is 344 g/mol. The third kappa shape index (κ3) is 2.62. The summed E-state index contributed by atoms with van der Waals surface area (Å²) < 4.78 is 26.2. The van der Waals surface area contributed by atoms with E-state index in [9.17, 15) is 18.3 Å². The maximum absolute atomic E-state index is 12.5. The Morgan fingerprint density at radius 1 is 1.53 bits per heavy atom. The smallest absolute Gasteiger partial charge is 0.322 e. The van der Waals surface area contributed by atoms with E-state index in [1.165, 1.54) is 6.07 Å². The lowest BCUT2D eigenvalue weighted by Crippen LogP contribution is -2.42. The molecule has 2 heterocycles. The Hall–Kier alpha value is -0.340. The van der Waals surface area contributed by atoms with Crippen molar-refractivity contribution in [2.45, 2.75) is 24.3 Å². The molecule has 9 heteroatoms. The van der Waals surface area contributed by atoms with Crippen LogP contribution in [0.15, 0.2) is 11.0 Å². The summed E-state index contributed by atoms with van der Waals surface area (Å²) in [5.74, 6) is -1.38. The Balaban J connectivity index is 2.45. The second-order valence-corrected chi connectivity index (χ2v) is 8.50. The van der Waals surface area contributed by atoms with Crippen LogP contribution in [0.2, 0.25) is 8.67 Å². The van der Waals surface area contributed by atoms with Gasteiger partial charge in [-0.25, -0.2) is 8.42 Å². The first-order valence-electron chi connectivity index (χ1n) is 5.44. The topological polar surface area (TPSA) is 74.7 Å². The van der Waals surface area contributed by atoms with Gasteiger partial charge in [0.15, 0.2) is 0 Å². The van der Waals surface area contributed by atoms with E-state index in [2.05, 4.69) is 0 Å². The molecule has 1 aliphatic heterocycles. The first-order valence-corrected chi connectivity index (χ1v) is 8.46. The van der Waals surface area contributed by atoms with Crippen molar-refractivity contribution in [2.24, 2.45) is 5.92 Å². The van der Waals surface area contributed by atoms with Crippen LogP contribution in [0.3, 0.4) is 0 Å². The summed E-state index contributed by atoms with van der Waals surface area (Å²) in [6.45, 7) is 1.89. The molecule has 1 saturated heterocycles. The number of hydrogen-bond donors (Lipinski definition) is 1. The minimum Gasteiger partial charge on any atom is -0.480 e. The molecule has 2 rings (SSSR count). The van der Waals surface area contributed by atoms with Crippen LogP contribution in [0, 0.1) is 5.92 Å². The van der Waals surface area contributed by atoms with Gasteiger partial charge in [-0.2, -0.15) is 4.31 Å². The first-order chi connectivity index (χ1) is 8.75. The van der Waals surface area contributed by atoms with E-state index >= 15 is 0 Å². The molecule has 19 heavy (non-hydrogen) atoms. The summed E-state index contributed by atoms with van der Waals surface area (Å²) in [4.78, 5) is 11.1. The fraction of sp³-hybridized carbons (Fsp3) is 0.500. The van der Waals surface area contributed by atoms with Gasteiger partial charge in [0.2, 0.25) is 10.0 Å². The van der Waals surface area contributed by atoms with Gasteiger partial charge in [-0.1, -0.05) is 30.1 Å². The molecule has 0 aliphatic carbocycles. The normalized spacial score (nSPS) is 24.8. The van der Waals surface area contributed by atoms with Gasteiger partial charge in [-0.15, -0.1) is 11.3 Å². The molecule has 2 atom stereocenters. The molecule has 0 spiro atoms. The minimum atomic E-state index is -3.93. The fourth-order valence-electron chi connectivity index (χ4n) is 2.18. The monoisotopic (exact) mass is 343 g/mol. The van der Waals surface area contributed by atoms with Crippen LogP contribution in [-0.2, 0) is 14.8 Å². The Morgan fingerprint density at radius 2 is 2.16 bits per heavy atom. The lowest BCUT2D eigenvalue weighted by atomic mass is 10.0. The Kier molecular flexibility index (Phi) is 4.13. The molecule has 1 fully saturated rings. The molecule has 1 N–H and O–H groups in total. The summed E-state index contributed by atoms with van der Waals surface area (Å²) in [5, 5.41) is 9.18. The van der Waals surface area contributed by atoms with Gasteiger partial charge in [0, 0.05) is 6.54 Å². The number of hydrogen-bond acceptors (Lipinski definition) is 4. The molecular formula is C10H11Cl2NO4S2. The van der Waals surface area contributed by atoms with Crippen molar-refractivity contribution in [3.8, 4) is 0 Å². The van der Waals surface area contributed by atoms with E-state index in [0.29, 0.717) is 6.42 Å². The summed E-state index contributed by atoms with van der Waals surface area (Å²) in [6.07, 6.45) is 0.506. The molecule has 106 valence electrons. The number of thiophene rings is 1. The van der Waals surface area contributed by atoms with E-state index < -0.39 is 22.0 Å². The second kappa shape index (κ2) is 5.21. The molecule has 2 unspecified atom stereocenters. The average Bonchev–Trinajstić information content (AvgIpc) is 2.82. The van der Waals surface area contributed by atoms with Crippen molar-refractivity contribution in [1.29, 1.82) is 0 Å². The van der Waals surface area contributed by atoms with Crippen molar-refractivity contribution < 1.29 is 18.3 Å². The maximum atomic E-state index is 12.5. The Bertz CT molecular complexity index is 613. The van der Waals surface area contributed by atoms with Gasteiger partial charge in [-0.3, -0.25) is 4.79 Å². The van der Waals surface area contributed by atoms with Gasteiger partial charge < -0.3 is 5.11 Å². The fourth-order valence-corrected chi connectivity index (χ4v) is 5.98. The third-order valence-electron chi connectivity index (χ3n) is 3.12. The zero-order valence-corrected chi connectivity index (χ0v) is 13.0. The van der Waals surface area contributed by atoms with Gasteiger partial charge in [0.25, 0.3) is 0 Å². The number of aliphatic carboxylic acids is 1. The Morgan fingerprint density at radius 3 is 2.63 bits per heavy atom. The SMILES string of the molecule is CC1CCN(S(=O)(=O)c2cc(Cl)sc2Cl)C1C(=O)O. The predicted octanol–water partition coefficient (Wildman–Crippen LogP) is 2.54. The quantitative estimate of drug-likeness (QED) is 0.914. The lowest BCUT2D eigenvalue weighted by Gasteiger charge is -2.22. The maximum Gasteiger partial charge on any atom is 0.322 e. The molecular weight excluding hydrogens is 333 g/mol. The molecule has 1 aromatic heterocycles. The highest BCUT2D eigenvalue weighted by Crippen LogP contribution is 2.38. The van der Waals surface area contributed by atoms with Gasteiger partial charge in [0.1, 0.15) is 15.3 Å². The van der Waals surface area contributed by atoms with Crippen molar-refractivity contribution in [3.63, 3.8) is 0 Å². The highest BCUT2D eigenvalue weighted by molar-refractivity contribution is 7.89. The summed E-state index contributed by atoms with van der Waals surface area (Å²) in [6, 6.07) is 0.200. The number of sulfonamides is 1. The number of rotatable bonds is 3. The zero-order chi connectivity index (χ0) is 14.4. The first kappa shape index (κ1) is 15.1.